The maximum atomic E-state index is 11.5. The third kappa shape index (κ3) is 1.33. The maximum Gasteiger partial charge on any atom is 0.193 e. The Morgan fingerprint density at radius 1 is 1.36 bits per heavy atom. The van der Waals surface area contributed by atoms with Crippen LogP contribution in [-0.2, 0) is 0 Å². The summed E-state index contributed by atoms with van der Waals surface area (Å²) in [4.78, 5) is 11.5. The Morgan fingerprint density at radius 2 is 2.07 bits per heavy atom. The van der Waals surface area contributed by atoms with Crippen molar-refractivity contribution in [3.63, 3.8) is 0 Å². The highest BCUT2D eigenvalue weighted by molar-refractivity contribution is 5.94. The smallest absolute Gasteiger partial charge is 0.193 e. The molecule has 0 unspecified atom stereocenters. The Kier molecular flexibility index (Phi) is 1.93. The molecule has 0 aliphatic heterocycles. The summed E-state index contributed by atoms with van der Waals surface area (Å²) in [6.45, 7) is 1.59. The lowest BCUT2D eigenvalue weighted by atomic mass is 10.2. The molecule has 0 radical (unpaired) electrons. The van der Waals surface area contributed by atoms with Crippen LogP contribution in [0.1, 0.15) is 12.7 Å². The van der Waals surface area contributed by atoms with Crippen molar-refractivity contribution in [1.29, 1.82) is 5.41 Å². The van der Waals surface area contributed by atoms with Gasteiger partial charge in [-0.2, -0.15) is 0 Å². The molecule has 0 amide bonds. The average molecular weight is 187 g/mol. The fourth-order valence-electron chi connectivity index (χ4n) is 1.29. The minimum atomic E-state index is -0.103. The van der Waals surface area contributed by atoms with Gasteiger partial charge in [-0.25, -0.2) is 0 Å². The molecule has 0 fully saturated rings. The predicted octanol–water partition coefficient (Wildman–Crippen LogP) is 2.18. The van der Waals surface area contributed by atoms with Crippen molar-refractivity contribution in [2.24, 2.45) is 0 Å². The first-order valence-electron chi connectivity index (χ1n) is 4.27. The van der Waals surface area contributed by atoms with Crippen molar-refractivity contribution in [2.45, 2.75) is 6.92 Å². The molecule has 0 saturated carbocycles. The van der Waals surface area contributed by atoms with E-state index in [0.717, 1.165) is 0 Å². The molecule has 1 aromatic heterocycles. The molecule has 0 spiro atoms. The highest BCUT2D eigenvalue weighted by Gasteiger charge is 2.04. The molecule has 3 heteroatoms. The van der Waals surface area contributed by atoms with E-state index in [2.05, 4.69) is 0 Å². The van der Waals surface area contributed by atoms with E-state index in [1.807, 2.05) is 0 Å². The molecule has 1 N–H and O–H groups in total. The largest absolute Gasteiger partial charge is 0.455 e. The van der Waals surface area contributed by atoms with Crippen LogP contribution in [0.3, 0.4) is 0 Å². The van der Waals surface area contributed by atoms with Crippen LogP contribution in [0.15, 0.2) is 39.5 Å². The molecule has 2 aromatic rings. The summed E-state index contributed by atoms with van der Waals surface area (Å²) < 4.78 is 5.38. The van der Waals surface area contributed by atoms with Crippen molar-refractivity contribution in [2.75, 3.05) is 0 Å². The van der Waals surface area contributed by atoms with Gasteiger partial charge in [0.1, 0.15) is 5.58 Å². The van der Waals surface area contributed by atoms with E-state index < -0.39 is 0 Å². The summed E-state index contributed by atoms with van der Waals surface area (Å²) in [6, 6.07) is 8.38. The van der Waals surface area contributed by atoms with Crippen LogP contribution in [0.25, 0.3) is 11.0 Å². The van der Waals surface area contributed by atoms with Crippen LogP contribution < -0.4 is 5.43 Å². The number of hydrogen-bond acceptors (Lipinski definition) is 3. The molecule has 14 heavy (non-hydrogen) atoms. The van der Waals surface area contributed by atoms with Gasteiger partial charge in [-0.05, 0) is 19.1 Å². The lowest BCUT2D eigenvalue weighted by molar-refractivity contribution is 0.590. The second kappa shape index (κ2) is 3.10. The highest BCUT2D eigenvalue weighted by atomic mass is 16.3. The summed E-state index contributed by atoms with van der Waals surface area (Å²) in [5.74, 6) is 0.328. The summed E-state index contributed by atoms with van der Waals surface area (Å²) in [5.41, 5.74) is 0.683. The van der Waals surface area contributed by atoms with E-state index in [4.69, 9.17) is 9.83 Å². The van der Waals surface area contributed by atoms with E-state index in [-0.39, 0.29) is 11.1 Å². The molecule has 0 aliphatic rings. The first-order valence-corrected chi connectivity index (χ1v) is 4.27. The van der Waals surface area contributed by atoms with Crippen LogP contribution in [0.4, 0.5) is 0 Å². The number of para-hydroxylation sites is 1. The minimum Gasteiger partial charge on any atom is -0.455 e. The van der Waals surface area contributed by atoms with Crippen LogP contribution >= 0.6 is 0 Å². The van der Waals surface area contributed by atoms with E-state index >= 15 is 0 Å². The summed E-state index contributed by atoms with van der Waals surface area (Å²) in [5, 5.41) is 7.93. The van der Waals surface area contributed by atoms with E-state index in [9.17, 15) is 4.79 Å². The predicted molar refractivity (Wildman–Crippen MR) is 55.0 cm³/mol. The van der Waals surface area contributed by atoms with Crippen molar-refractivity contribution < 1.29 is 4.42 Å². The Morgan fingerprint density at radius 3 is 2.79 bits per heavy atom. The molecule has 1 heterocycles. The van der Waals surface area contributed by atoms with Gasteiger partial charge in [0.25, 0.3) is 0 Å². The quantitative estimate of drug-likeness (QED) is 0.695. The van der Waals surface area contributed by atoms with Crippen molar-refractivity contribution in [3.8, 4) is 0 Å². The van der Waals surface area contributed by atoms with Crippen molar-refractivity contribution in [1.82, 2.24) is 0 Å². The number of rotatable bonds is 1. The van der Waals surface area contributed by atoms with Crippen molar-refractivity contribution >= 4 is 16.7 Å². The molecular weight excluding hydrogens is 178 g/mol. The molecule has 0 bridgehead atoms. The molecular formula is C11H9NO2. The topological polar surface area (TPSA) is 54.1 Å². The zero-order valence-electron chi connectivity index (χ0n) is 7.70. The van der Waals surface area contributed by atoms with E-state index in [0.29, 0.717) is 16.7 Å². The third-order valence-electron chi connectivity index (χ3n) is 2.00. The van der Waals surface area contributed by atoms with Gasteiger partial charge in [-0.1, -0.05) is 12.1 Å². The Hall–Kier alpha value is -1.90. The van der Waals surface area contributed by atoms with Gasteiger partial charge in [0.2, 0.25) is 0 Å². The van der Waals surface area contributed by atoms with Crippen LogP contribution in [0.2, 0.25) is 0 Å². The maximum absolute atomic E-state index is 11.5. The molecule has 1 aromatic carbocycles. The fourth-order valence-corrected chi connectivity index (χ4v) is 1.29. The number of fused-ring (bicyclic) bond motifs is 1. The number of hydrogen-bond donors (Lipinski definition) is 1. The van der Waals surface area contributed by atoms with Crippen molar-refractivity contribution in [3.05, 3.63) is 46.3 Å². The lowest BCUT2D eigenvalue weighted by Crippen LogP contribution is -2.04. The third-order valence-corrected chi connectivity index (χ3v) is 2.00. The van der Waals surface area contributed by atoms with E-state index in [1.54, 1.807) is 31.2 Å². The van der Waals surface area contributed by atoms with Gasteiger partial charge in [-0.15, -0.1) is 0 Å². The zero-order valence-corrected chi connectivity index (χ0v) is 7.70. The number of benzene rings is 1. The lowest BCUT2D eigenvalue weighted by Gasteiger charge is -1.99. The molecule has 0 aliphatic carbocycles. The van der Waals surface area contributed by atoms with Gasteiger partial charge in [0.15, 0.2) is 11.2 Å². The van der Waals surface area contributed by atoms with Crippen LogP contribution in [0.5, 0.6) is 0 Å². The Bertz CT molecular complexity index is 554. The fraction of sp³-hybridized carbons (Fsp3) is 0.0909. The normalized spacial score (nSPS) is 10.4. The first-order chi connectivity index (χ1) is 6.68. The second-order valence-electron chi connectivity index (χ2n) is 3.10. The summed E-state index contributed by atoms with van der Waals surface area (Å²) in [7, 11) is 0. The molecule has 3 nitrogen and oxygen atoms in total. The SMILES string of the molecule is CC(=N)c1cc(=O)c2ccccc2o1. The average Bonchev–Trinajstić information content (AvgIpc) is 2.17. The van der Waals surface area contributed by atoms with Gasteiger partial charge in [0, 0.05) is 6.07 Å². The number of nitrogens with one attached hydrogen (secondary N) is 1. The highest BCUT2D eigenvalue weighted by Crippen LogP contribution is 2.11. The monoisotopic (exact) mass is 187 g/mol. The summed E-state index contributed by atoms with van der Waals surface area (Å²) >= 11 is 0. The standard InChI is InChI=1S/C11H9NO2/c1-7(12)11-6-9(13)8-4-2-3-5-10(8)14-11/h2-6,12H,1H3. The first kappa shape index (κ1) is 8.69. The van der Waals surface area contributed by atoms with Gasteiger partial charge >= 0.3 is 0 Å². The zero-order chi connectivity index (χ0) is 10.1. The molecule has 2 rings (SSSR count). The Labute approximate surface area is 80.5 Å². The van der Waals surface area contributed by atoms with Crippen LogP contribution in [0, 0.1) is 5.41 Å². The summed E-state index contributed by atoms with van der Waals surface area (Å²) in [6.07, 6.45) is 0. The Balaban J connectivity index is 2.86. The minimum absolute atomic E-state index is 0.103. The van der Waals surface area contributed by atoms with Gasteiger partial charge < -0.3 is 9.83 Å². The van der Waals surface area contributed by atoms with Gasteiger partial charge in [-0.3, -0.25) is 4.79 Å². The second-order valence-corrected chi connectivity index (χ2v) is 3.10. The molecule has 0 saturated heterocycles. The van der Waals surface area contributed by atoms with Crippen LogP contribution in [-0.4, -0.2) is 5.71 Å². The van der Waals surface area contributed by atoms with Gasteiger partial charge in [0.05, 0.1) is 11.1 Å². The molecule has 70 valence electrons. The molecule has 0 atom stereocenters. The van der Waals surface area contributed by atoms with E-state index in [1.165, 1.54) is 6.07 Å².